The molecule has 0 saturated carbocycles. The lowest BCUT2D eigenvalue weighted by atomic mass is 9.96. The third-order valence-corrected chi connectivity index (χ3v) is 2.78. The molecule has 1 heterocycles. The lowest BCUT2D eigenvalue weighted by Gasteiger charge is -2.06. The van der Waals surface area contributed by atoms with Crippen LogP contribution in [0.25, 0.3) is 10.9 Å². The Bertz CT molecular complexity index is 458. The maximum Gasteiger partial charge on any atom is 0.127 e. The molecule has 2 nitrogen and oxygen atoms in total. The van der Waals surface area contributed by atoms with Crippen molar-refractivity contribution in [2.45, 2.75) is 25.7 Å². The largest absolute Gasteiger partial charge is 0.361 e. The number of aromatic nitrogens is 1. The quantitative estimate of drug-likeness (QED) is 0.757. The average Bonchev–Trinajstić information content (AvgIpc) is 2.70. The van der Waals surface area contributed by atoms with Gasteiger partial charge in [0.1, 0.15) is 6.29 Å². The molecule has 0 aliphatic rings. The Kier molecular flexibility index (Phi) is 2.86. The van der Waals surface area contributed by atoms with Crippen molar-refractivity contribution in [3.63, 3.8) is 0 Å². The summed E-state index contributed by atoms with van der Waals surface area (Å²) in [6.45, 7) is 2.10. The van der Waals surface area contributed by atoms with E-state index in [0.717, 1.165) is 30.2 Å². The van der Waals surface area contributed by atoms with Crippen LogP contribution in [0.1, 0.15) is 31.2 Å². The molecule has 0 bridgehead atoms. The van der Waals surface area contributed by atoms with Crippen LogP contribution >= 0.6 is 0 Å². The predicted molar refractivity (Wildman–Crippen MR) is 62.0 cm³/mol. The number of hydrogen-bond donors (Lipinski definition) is 1. The predicted octanol–water partition coefficient (Wildman–Crippen LogP) is 3.25. The topological polar surface area (TPSA) is 32.9 Å². The van der Waals surface area contributed by atoms with Crippen LogP contribution in [0.4, 0.5) is 0 Å². The van der Waals surface area contributed by atoms with Gasteiger partial charge < -0.3 is 9.78 Å². The first-order chi connectivity index (χ1) is 7.36. The van der Waals surface area contributed by atoms with Gasteiger partial charge in [0, 0.05) is 23.0 Å². The molecule has 0 fully saturated rings. The van der Waals surface area contributed by atoms with E-state index in [1.54, 1.807) is 0 Å². The Labute approximate surface area is 89.3 Å². The number of hydrogen-bond acceptors (Lipinski definition) is 1. The molecule has 78 valence electrons. The van der Waals surface area contributed by atoms with Gasteiger partial charge in [-0.15, -0.1) is 0 Å². The fourth-order valence-corrected chi connectivity index (χ4v) is 2.01. The van der Waals surface area contributed by atoms with Crippen LogP contribution in [0.3, 0.4) is 0 Å². The number of aromatic amines is 1. The second-order valence-corrected chi connectivity index (χ2v) is 3.82. The second kappa shape index (κ2) is 4.30. The molecule has 0 spiro atoms. The summed E-state index contributed by atoms with van der Waals surface area (Å²) >= 11 is 0. The first-order valence-corrected chi connectivity index (χ1v) is 5.38. The van der Waals surface area contributed by atoms with E-state index in [2.05, 4.69) is 18.0 Å². The first-order valence-electron chi connectivity index (χ1n) is 5.38. The third kappa shape index (κ3) is 1.80. The van der Waals surface area contributed by atoms with E-state index in [1.807, 2.05) is 24.4 Å². The zero-order valence-electron chi connectivity index (χ0n) is 8.86. The van der Waals surface area contributed by atoms with Gasteiger partial charge >= 0.3 is 0 Å². The molecule has 1 aromatic heterocycles. The highest BCUT2D eigenvalue weighted by molar-refractivity contribution is 5.86. The van der Waals surface area contributed by atoms with E-state index in [0.29, 0.717) is 0 Å². The Morgan fingerprint density at radius 1 is 1.40 bits per heavy atom. The van der Waals surface area contributed by atoms with Crippen molar-refractivity contribution in [1.82, 2.24) is 4.98 Å². The zero-order valence-corrected chi connectivity index (χ0v) is 8.86. The Morgan fingerprint density at radius 2 is 2.20 bits per heavy atom. The van der Waals surface area contributed by atoms with Crippen LogP contribution in [-0.4, -0.2) is 11.3 Å². The lowest BCUT2D eigenvalue weighted by Crippen LogP contribution is -1.98. The molecule has 15 heavy (non-hydrogen) atoms. The molecule has 0 saturated heterocycles. The van der Waals surface area contributed by atoms with Crippen molar-refractivity contribution >= 4 is 17.2 Å². The molecule has 2 aromatic rings. The molecule has 1 N–H and O–H groups in total. The number of carbonyl (C=O) groups is 1. The number of H-pyrrole nitrogens is 1. The summed E-state index contributed by atoms with van der Waals surface area (Å²) in [6.07, 6.45) is 4.97. The van der Waals surface area contributed by atoms with Crippen LogP contribution in [0.15, 0.2) is 30.5 Å². The minimum Gasteiger partial charge on any atom is -0.361 e. The molecule has 1 atom stereocenters. The number of aldehydes is 1. The van der Waals surface area contributed by atoms with Gasteiger partial charge in [-0.25, -0.2) is 0 Å². The van der Waals surface area contributed by atoms with Gasteiger partial charge in [0.15, 0.2) is 0 Å². The van der Waals surface area contributed by atoms with Crippen LogP contribution in [0.2, 0.25) is 0 Å². The van der Waals surface area contributed by atoms with Crippen molar-refractivity contribution < 1.29 is 4.79 Å². The van der Waals surface area contributed by atoms with Gasteiger partial charge in [-0.05, 0) is 18.1 Å². The summed E-state index contributed by atoms with van der Waals surface area (Å²) in [5.41, 5.74) is 2.23. The molecule has 1 unspecified atom stereocenters. The number of benzene rings is 1. The Hall–Kier alpha value is -1.57. The van der Waals surface area contributed by atoms with Gasteiger partial charge in [0.25, 0.3) is 0 Å². The number of nitrogens with one attached hydrogen (secondary N) is 1. The van der Waals surface area contributed by atoms with Gasteiger partial charge in [-0.3, -0.25) is 0 Å². The SMILES string of the molecule is CCCC(C=O)c1c[nH]c2ccccc12. The van der Waals surface area contributed by atoms with E-state index < -0.39 is 0 Å². The van der Waals surface area contributed by atoms with Crippen molar-refractivity contribution in [2.24, 2.45) is 0 Å². The molecule has 0 amide bonds. The highest BCUT2D eigenvalue weighted by atomic mass is 16.1. The summed E-state index contributed by atoms with van der Waals surface area (Å²) in [4.78, 5) is 14.2. The highest BCUT2D eigenvalue weighted by Gasteiger charge is 2.13. The normalized spacial score (nSPS) is 12.9. The number of carbonyl (C=O) groups excluding carboxylic acids is 1. The van der Waals surface area contributed by atoms with E-state index in [-0.39, 0.29) is 5.92 Å². The fourth-order valence-electron chi connectivity index (χ4n) is 2.01. The smallest absolute Gasteiger partial charge is 0.127 e. The lowest BCUT2D eigenvalue weighted by molar-refractivity contribution is -0.109. The Morgan fingerprint density at radius 3 is 2.93 bits per heavy atom. The number of fused-ring (bicyclic) bond motifs is 1. The first kappa shape index (κ1) is 9.97. The van der Waals surface area contributed by atoms with Crippen molar-refractivity contribution in [1.29, 1.82) is 0 Å². The van der Waals surface area contributed by atoms with Gasteiger partial charge in [0.05, 0.1) is 0 Å². The minimum absolute atomic E-state index is 0.0335. The average molecular weight is 201 g/mol. The second-order valence-electron chi connectivity index (χ2n) is 3.82. The fraction of sp³-hybridized carbons (Fsp3) is 0.308. The summed E-state index contributed by atoms with van der Waals surface area (Å²) in [5, 5.41) is 1.17. The van der Waals surface area contributed by atoms with Crippen molar-refractivity contribution in [2.75, 3.05) is 0 Å². The molecular formula is C13H15NO. The van der Waals surface area contributed by atoms with E-state index in [4.69, 9.17) is 0 Å². The maximum absolute atomic E-state index is 11.0. The van der Waals surface area contributed by atoms with Gasteiger partial charge in [0.2, 0.25) is 0 Å². The zero-order chi connectivity index (χ0) is 10.7. The van der Waals surface area contributed by atoms with Crippen molar-refractivity contribution in [3.8, 4) is 0 Å². The van der Waals surface area contributed by atoms with Crippen LogP contribution in [-0.2, 0) is 4.79 Å². The van der Waals surface area contributed by atoms with Crippen LogP contribution < -0.4 is 0 Å². The standard InChI is InChI=1S/C13H15NO/c1-2-5-10(9-15)12-8-14-13-7-4-3-6-11(12)13/h3-4,6-10,14H,2,5H2,1H3. The van der Waals surface area contributed by atoms with Crippen LogP contribution in [0.5, 0.6) is 0 Å². The van der Waals surface area contributed by atoms with E-state index in [1.165, 1.54) is 5.39 Å². The maximum atomic E-state index is 11.0. The molecular weight excluding hydrogens is 186 g/mol. The summed E-state index contributed by atoms with van der Waals surface area (Å²) in [7, 11) is 0. The monoisotopic (exact) mass is 201 g/mol. The van der Waals surface area contributed by atoms with Crippen molar-refractivity contribution in [3.05, 3.63) is 36.0 Å². The van der Waals surface area contributed by atoms with E-state index in [9.17, 15) is 4.79 Å². The number of rotatable bonds is 4. The highest BCUT2D eigenvalue weighted by Crippen LogP contribution is 2.27. The molecule has 0 aliphatic carbocycles. The molecule has 2 rings (SSSR count). The summed E-state index contributed by atoms with van der Waals surface area (Å²) in [5.74, 6) is 0.0335. The molecule has 0 radical (unpaired) electrons. The molecule has 2 heteroatoms. The number of para-hydroxylation sites is 1. The minimum atomic E-state index is 0.0335. The third-order valence-electron chi connectivity index (χ3n) is 2.78. The summed E-state index contributed by atoms with van der Waals surface area (Å²) in [6, 6.07) is 8.10. The van der Waals surface area contributed by atoms with Crippen LogP contribution in [0, 0.1) is 0 Å². The molecule has 1 aromatic carbocycles. The van der Waals surface area contributed by atoms with Gasteiger partial charge in [-0.1, -0.05) is 31.5 Å². The molecule has 0 aliphatic heterocycles. The summed E-state index contributed by atoms with van der Waals surface area (Å²) < 4.78 is 0. The Balaban J connectivity index is 2.46. The van der Waals surface area contributed by atoms with Gasteiger partial charge in [-0.2, -0.15) is 0 Å². The van der Waals surface area contributed by atoms with E-state index >= 15 is 0 Å².